The highest BCUT2D eigenvalue weighted by Crippen LogP contribution is 2.31. The Hall–Kier alpha value is -3.00. The Morgan fingerprint density at radius 3 is 2.33 bits per heavy atom. The van der Waals surface area contributed by atoms with Crippen LogP contribution in [0.1, 0.15) is 5.56 Å². The lowest BCUT2D eigenvalue weighted by molar-refractivity contribution is 0.591. The van der Waals surface area contributed by atoms with Crippen molar-refractivity contribution in [3.05, 3.63) is 62.5 Å². The van der Waals surface area contributed by atoms with Crippen molar-refractivity contribution >= 4 is 41.1 Å². The quantitative estimate of drug-likeness (QED) is 0.533. The summed E-state index contributed by atoms with van der Waals surface area (Å²) in [5.74, 6) is -1.78. The molecule has 0 bridgehead atoms. The van der Waals surface area contributed by atoms with Crippen LogP contribution < -0.4 is 16.6 Å². The van der Waals surface area contributed by atoms with Crippen molar-refractivity contribution in [3.63, 3.8) is 0 Å². The standard InChI is InChI=1S/C15H12ClF2N5O/c16-8-6-22-15(24)11(12(21)7(4-19)5-20)13(8)23-14-9(17)2-1-3-10(14)18/h1-6,19-20H,21H2,(H2,22,23,24). The lowest BCUT2D eigenvalue weighted by Gasteiger charge is -2.15. The summed E-state index contributed by atoms with van der Waals surface area (Å²) in [6, 6.07) is 3.25. The molecule has 1 heterocycles. The van der Waals surface area contributed by atoms with E-state index in [4.69, 9.17) is 28.2 Å². The van der Waals surface area contributed by atoms with Crippen LogP contribution in [0.5, 0.6) is 0 Å². The molecule has 0 aliphatic rings. The van der Waals surface area contributed by atoms with Gasteiger partial charge in [-0.05, 0) is 12.1 Å². The van der Waals surface area contributed by atoms with E-state index in [1.807, 2.05) is 0 Å². The summed E-state index contributed by atoms with van der Waals surface area (Å²) < 4.78 is 27.7. The molecule has 2 aromatic rings. The number of benzene rings is 1. The number of allylic oxidation sites excluding steroid dienone is 1. The number of aromatic amines is 1. The number of aromatic nitrogens is 1. The molecule has 6 N–H and O–H groups in total. The molecule has 0 spiro atoms. The van der Waals surface area contributed by atoms with Gasteiger partial charge in [0.25, 0.3) is 5.56 Å². The Labute approximate surface area is 140 Å². The van der Waals surface area contributed by atoms with Crippen molar-refractivity contribution in [2.75, 3.05) is 5.32 Å². The van der Waals surface area contributed by atoms with Crippen LogP contribution in [0.3, 0.4) is 0 Å². The molecule has 0 radical (unpaired) electrons. The Morgan fingerprint density at radius 2 is 1.79 bits per heavy atom. The molecule has 0 aliphatic carbocycles. The largest absolute Gasteiger partial charge is 0.397 e. The zero-order chi connectivity index (χ0) is 17.9. The molecule has 2 rings (SSSR count). The minimum absolute atomic E-state index is 0.0514. The number of hydrogen-bond acceptors (Lipinski definition) is 5. The molecule has 0 fully saturated rings. The minimum Gasteiger partial charge on any atom is -0.397 e. The van der Waals surface area contributed by atoms with E-state index in [-0.39, 0.29) is 27.5 Å². The Morgan fingerprint density at radius 1 is 1.21 bits per heavy atom. The van der Waals surface area contributed by atoms with Gasteiger partial charge in [-0.25, -0.2) is 8.78 Å². The molecular weight excluding hydrogens is 340 g/mol. The van der Waals surface area contributed by atoms with Gasteiger partial charge in [0, 0.05) is 24.2 Å². The highest BCUT2D eigenvalue weighted by Gasteiger charge is 2.19. The summed E-state index contributed by atoms with van der Waals surface area (Å²) in [6.07, 6.45) is 2.68. The van der Waals surface area contributed by atoms with Gasteiger partial charge >= 0.3 is 0 Å². The number of rotatable bonds is 5. The molecule has 0 saturated heterocycles. The first-order valence-corrected chi connectivity index (χ1v) is 6.91. The summed E-state index contributed by atoms with van der Waals surface area (Å²) in [5, 5.41) is 16.8. The van der Waals surface area contributed by atoms with Gasteiger partial charge in [0.2, 0.25) is 0 Å². The number of para-hydroxylation sites is 1. The molecule has 9 heteroatoms. The van der Waals surface area contributed by atoms with Crippen LogP contribution in [-0.4, -0.2) is 17.4 Å². The van der Waals surface area contributed by atoms with Crippen LogP contribution >= 0.6 is 11.6 Å². The van der Waals surface area contributed by atoms with Gasteiger partial charge in [0.05, 0.1) is 22.0 Å². The van der Waals surface area contributed by atoms with Crippen molar-refractivity contribution in [1.82, 2.24) is 4.98 Å². The summed E-state index contributed by atoms with van der Waals surface area (Å²) in [6.45, 7) is 0. The number of nitrogens with one attached hydrogen (secondary N) is 4. The van der Waals surface area contributed by atoms with Crippen LogP contribution in [0.15, 0.2) is 34.8 Å². The highest BCUT2D eigenvalue weighted by molar-refractivity contribution is 6.33. The fraction of sp³-hybridized carbons (Fsp3) is 0. The third-order valence-electron chi connectivity index (χ3n) is 3.15. The van der Waals surface area contributed by atoms with Gasteiger partial charge < -0.3 is 26.9 Å². The molecule has 1 aromatic heterocycles. The minimum atomic E-state index is -0.890. The molecule has 0 aliphatic heterocycles. The first-order chi connectivity index (χ1) is 11.4. The lowest BCUT2D eigenvalue weighted by Crippen LogP contribution is -2.19. The zero-order valence-corrected chi connectivity index (χ0v) is 12.8. The second-order valence-corrected chi connectivity index (χ2v) is 5.00. The normalized spacial score (nSPS) is 10.1. The van der Waals surface area contributed by atoms with Crippen molar-refractivity contribution < 1.29 is 8.78 Å². The summed E-state index contributed by atoms with van der Waals surface area (Å²) >= 11 is 6.02. The molecule has 124 valence electrons. The van der Waals surface area contributed by atoms with E-state index in [2.05, 4.69) is 10.3 Å². The summed E-state index contributed by atoms with van der Waals surface area (Å²) in [4.78, 5) is 14.5. The van der Waals surface area contributed by atoms with Crippen LogP contribution in [0, 0.1) is 22.5 Å². The van der Waals surface area contributed by atoms with Crippen molar-refractivity contribution in [2.24, 2.45) is 5.73 Å². The third-order valence-corrected chi connectivity index (χ3v) is 3.45. The number of hydrogen-bond donors (Lipinski definition) is 5. The van der Waals surface area contributed by atoms with E-state index in [1.165, 1.54) is 6.07 Å². The van der Waals surface area contributed by atoms with Gasteiger partial charge in [0.1, 0.15) is 17.3 Å². The van der Waals surface area contributed by atoms with E-state index >= 15 is 0 Å². The van der Waals surface area contributed by atoms with Gasteiger partial charge in [-0.2, -0.15) is 0 Å². The van der Waals surface area contributed by atoms with Crippen molar-refractivity contribution in [2.45, 2.75) is 0 Å². The van der Waals surface area contributed by atoms with E-state index in [0.717, 1.165) is 30.8 Å². The Bertz CT molecular complexity index is 877. The van der Waals surface area contributed by atoms with Crippen molar-refractivity contribution in [1.29, 1.82) is 10.8 Å². The molecule has 24 heavy (non-hydrogen) atoms. The number of halogens is 3. The van der Waals surface area contributed by atoms with Crippen molar-refractivity contribution in [3.8, 4) is 0 Å². The van der Waals surface area contributed by atoms with Gasteiger partial charge in [0.15, 0.2) is 0 Å². The predicted octanol–water partition coefficient (Wildman–Crippen LogP) is 3.02. The summed E-state index contributed by atoms with van der Waals surface area (Å²) in [7, 11) is 0. The number of H-pyrrole nitrogens is 1. The first kappa shape index (κ1) is 17.4. The van der Waals surface area contributed by atoms with E-state index in [1.54, 1.807) is 0 Å². The topological polar surface area (TPSA) is 119 Å². The fourth-order valence-electron chi connectivity index (χ4n) is 1.97. The molecule has 0 unspecified atom stereocenters. The number of nitrogens with two attached hydrogens (primary N) is 1. The molecule has 6 nitrogen and oxygen atoms in total. The smallest absolute Gasteiger partial charge is 0.259 e. The number of anilines is 2. The van der Waals surface area contributed by atoms with Crippen LogP contribution in [-0.2, 0) is 0 Å². The second kappa shape index (κ2) is 7.05. The lowest BCUT2D eigenvalue weighted by atomic mass is 10.1. The van der Waals surface area contributed by atoms with Gasteiger partial charge in [-0.3, -0.25) is 4.79 Å². The molecule has 0 saturated carbocycles. The Balaban J connectivity index is 2.74. The maximum Gasteiger partial charge on any atom is 0.259 e. The average molecular weight is 352 g/mol. The van der Waals surface area contributed by atoms with E-state index in [0.29, 0.717) is 0 Å². The molecule has 0 amide bonds. The van der Waals surface area contributed by atoms with Gasteiger partial charge in [-0.15, -0.1) is 0 Å². The monoisotopic (exact) mass is 351 g/mol. The molecule has 1 aromatic carbocycles. The van der Waals surface area contributed by atoms with E-state index < -0.39 is 22.9 Å². The van der Waals surface area contributed by atoms with E-state index in [9.17, 15) is 13.6 Å². The van der Waals surface area contributed by atoms with Crippen LogP contribution in [0.25, 0.3) is 5.70 Å². The van der Waals surface area contributed by atoms with Gasteiger partial charge in [-0.1, -0.05) is 17.7 Å². The first-order valence-electron chi connectivity index (χ1n) is 6.54. The third kappa shape index (κ3) is 3.18. The zero-order valence-electron chi connectivity index (χ0n) is 12.1. The molecular formula is C15H12ClF2N5O. The van der Waals surface area contributed by atoms with Crippen LogP contribution in [0.2, 0.25) is 5.02 Å². The predicted molar refractivity (Wildman–Crippen MR) is 90.4 cm³/mol. The fourth-order valence-corrected chi connectivity index (χ4v) is 2.17. The summed E-state index contributed by atoms with van der Waals surface area (Å²) in [5.41, 5.74) is 3.96. The molecule has 0 atom stereocenters. The SMILES string of the molecule is N=CC(C=N)=C(N)c1c(Nc2c(F)cccc2F)c(Cl)c[nH]c1=O. The maximum atomic E-state index is 13.8. The highest BCUT2D eigenvalue weighted by atomic mass is 35.5. The number of pyridine rings is 1. The Kier molecular flexibility index (Phi) is 5.10. The second-order valence-electron chi connectivity index (χ2n) is 4.60. The van der Waals surface area contributed by atoms with Crippen LogP contribution in [0.4, 0.5) is 20.2 Å². The maximum absolute atomic E-state index is 13.8. The average Bonchev–Trinajstić information content (AvgIpc) is 2.55.